The van der Waals surface area contributed by atoms with Gasteiger partial charge in [0.15, 0.2) is 10.0 Å². The molecule has 1 saturated carbocycles. The monoisotopic (exact) mass is 468 g/mol. The van der Waals surface area contributed by atoms with E-state index in [1.165, 1.54) is 34.6 Å². The van der Waals surface area contributed by atoms with Crippen LogP contribution in [0.5, 0.6) is 0 Å². The average molecular weight is 469 g/mol. The molecule has 1 unspecified atom stereocenters. The van der Waals surface area contributed by atoms with Gasteiger partial charge in [-0.2, -0.15) is 4.31 Å². The summed E-state index contributed by atoms with van der Waals surface area (Å²) < 4.78 is 69.3. The van der Waals surface area contributed by atoms with Crippen LogP contribution < -0.4 is 0 Å². The van der Waals surface area contributed by atoms with Crippen molar-refractivity contribution in [1.29, 1.82) is 0 Å². The summed E-state index contributed by atoms with van der Waals surface area (Å²) in [6.07, 6.45) is 3.93. The molecule has 170 valence electrons. The standard InChI is InChI=1S/C22H29FN2O4S2/c1-3-17(2)24-30(26,27)20-12-14-21(15-13-20)31(28,29)25(19-9-5-6-10-19)16-18-8-4-7-11-22(18)23/h4,7-8,11-15,17,19H,3,5-6,9-10,16H2,1-2H3,(H,24,26,27)/t17-/m0/s1. The summed E-state index contributed by atoms with van der Waals surface area (Å²) in [7, 11) is -7.53. The first-order chi connectivity index (χ1) is 14.6. The Labute approximate surface area is 184 Å². The lowest BCUT2D eigenvalue weighted by atomic mass is 10.2. The third-order valence-corrected chi connectivity index (χ3v) is 9.11. The third-order valence-electron chi connectivity index (χ3n) is 5.67. The zero-order chi connectivity index (χ0) is 22.6. The maximum absolute atomic E-state index is 14.3. The van der Waals surface area contributed by atoms with Gasteiger partial charge in [-0.15, -0.1) is 0 Å². The predicted octanol–water partition coefficient (Wildman–Crippen LogP) is 5.06. The van der Waals surface area contributed by atoms with E-state index in [0.717, 1.165) is 25.7 Å². The van der Waals surface area contributed by atoms with Crippen LogP contribution in [-0.4, -0.2) is 33.6 Å². The van der Waals surface area contributed by atoms with Crippen molar-refractivity contribution in [3.63, 3.8) is 0 Å². The van der Waals surface area contributed by atoms with Gasteiger partial charge < -0.3 is 0 Å². The molecule has 0 saturated heterocycles. The Morgan fingerprint density at radius 1 is 1.06 bits per heavy atom. The lowest BCUT2D eigenvalue weighted by molar-refractivity contribution is 0.312. The molecule has 31 heavy (non-hydrogen) atoms. The molecule has 0 amide bonds. The lowest BCUT2D eigenvalue weighted by Crippen LogP contribution is -2.38. The molecule has 0 heterocycles. The number of benzene rings is 2. The molecule has 0 aromatic heterocycles. The fourth-order valence-electron chi connectivity index (χ4n) is 3.70. The Balaban J connectivity index is 1.95. The van der Waals surface area contributed by atoms with Gasteiger partial charge in [0.05, 0.1) is 15.8 Å². The van der Waals surface area contributed by atoms with Gasteiger partial charge in [-0.1, -0.05) is 38.0 Å². The molecule has 9 heteroatoms. The van der Waals surface area contributed by atoms with Crippen LogP contribution in [0, 0.1) is 5.82 Å². The molecule has 1 aliphatic rings. The Morgan fingerprint density at radius 3 is 2.23 bits per heavy atom. The van der Waals surface area contributed by atoms with Crippen LogP contribution in [0.25, 0.3) is 0 Å². The Morgan fingerprint density at radius 2 is 1.65 bits per heavy atom. The summed E-state index contributed by atoms with van der Waals surface area (Å²) in [4.78, 5) is 0.0755. The van der Waals surface area contributed by atoms with E-state index in [1.807, 2.05) is 6.92 Å². The zero-order valence-corrected chi connectivity index (χ0v) is 19.4. The van der Waals surface area contributed by atoms with Gasteiger partial charge in [-0.05, 0) is 56.5 Å². The molecule has 0 bridgehead atoms. The van der Waals surface area contributed by atoms with Gasteiger partial charge in [0.2, 0.25) is 10.0 Å². The van der Waals surface area contributed by atoms with E-state index in [-0.39, 0.29) is 28.4 Å². The van der Waals surface area contributed by atoms with E-state index in [2.05, 4.69) is 4.36 Å². The first kappa shape index (κ1) is 23.8. The summed E-state index contributed by atoms with van der Waals surface area (Å²) in [6, 6.07) is 11.0. The second-order valence-electron chi connectivity index (χ2n) is 7.91. The molecule has 0 spiro atoms. The van der Waals surface area contributed by atoms with Crippen LogP contribution >= 0.6 is 0 Å². The number of rotatable bonds is 8. The van der Waals surface area contributed by atoms with Crippen LogP contribution in [-0.2, 0) is 26.6 Å². The van der Waals surface area contributed by atoms with Crippen LogP contribution in [0.4, 0.5) is 4.39 Å². The van der Waals surface area contributed by atoms with Gasteiger partial charge in [-0.3, -0.25) is 4.55 Å². The van der Waals surface area contributed by atoms with E-state index >= 15 is 0 Å². The Hall–Kier alpha value is -1.81. The molecule has 0 aliphatic heterocycles. The molecular weight excluding hydrogens is 439 g/mol. The second-order valence-corrected chi connectivity index (χ2v) is 11.5. The van der Waals surface area contributed by atoms with Crippen molar-refractivity contribution in [3.8, 4) is 0 Å². The fourth-order valence-corrected chi connectivity index (χ4v) is 6.61. The maximum Gasteiger partial charge on any atom is 0.243 e. The number of hydrogen-bond acceptors (Lipinski definition) is 4. The van der Waals surface area contributed by atoms with Gasteiger partial charge in [-0.25, -0.2) is 21.4 Å². The van der Waals surface area contributed by atoms with Crippen LogP contribution in [0.1, 0.15) is 51.5 Å². The average Bonchev–Trinajstić information content (AvgIpc) is 3.27. The minimum atomic E-state index is -3.93. The van der Waals surface area contributed by atoms with Crippen molar-refractivity contribution in [3.05, 3.63) is 59.9 Å². The minimum absolute atomic E-state index is 0.0122. The molecule has 0 radical (unpaired) electrons. The van der Waals surface area contributed by atoms with Crippen molar-refractivity contribution < 1.29 is 21.6 Å². The van der Waals surface area contributed by atoms with Crippen molar-refractivity contribution >= 4 is 20.0 Å². The molecule has 2 aromatic rings. The third kappa shape index (κ3) is 5.52. The quantitative estimate of drug-likeness (QED) is 0.587. The normalized spacial score (nSPS) is 18.1. The lowest BCUT2D eigenvalue weighted by Gasteiger charge is -2.28. The molecule has 1 N–H and O–H groups in total. The SMILES string of the molecule is CC[C@H](C)N=S(=O)(O)c1ccc(S(=O)(=O)N(Cc2ccccc2F)C2CCCC2)cc1. The molecule has 1 fully saturated rings. The molecular formula is C22H29FN2O4S2. The van der Waals surface area contributed by atoms with Gasteiger partial charge in [0, 0.05) is 18.2 Å². The highest BCUT2D eigenvalue weighted by atomic mass is 32.2. The Bertz CT molecular complexity index is 1120. The van der Waals surface area contributed by atoms with E-state index < -0.39 is 25.9 Å². The van der Waals surface area contributed by atoms with Crippen LogP contribution in [0.2, 0.25) is 0 Å². The number of halogens is 1. The van der Waals surface area contributed by atoms with Gasteiger partial charge in [0.1, 0.15) is 5.82 Å². The highest BCUT2D eigenvalue weighted by Gasteiger charge is 2.34. The molecule has 1 aliphatic carbocycles. The van der Waals surface area contributed by atoms with Crippen molar-refractivity contribution in [1.82, 2.24) is 4.31 Å². The van der Waals surface area contributed by atoms with Crippen LogP contribution in [0.3, 0.4) is 0 Å². The van der Waals surface area contributed by atoms with E-state index in [4.69, 9.17) is 0 Å². The van der Waals surface area contributed by atoms with Crippen molar-refractivity contribution in [2.45, 2.75) is 74.4 Å². The first-order valence-corrected chi connectivity index (χ1v) is 13.4. The summed E-state index contributed by atoms with van der Waals surface area (Å²) in [5.74, 6) is -0.442. The fraction of sp³-hybridized carbons (Fsp3) is 0.455. The topological polar surface area (TPSA) is 87.0 Å². The largest absolute Gasteiger partial charge is 0.297 e. The second kappa shape index (κ2) is 9.77. The molecule has 2 aromatic carbocycles. The summed E-state index contributed by atoms with van der Waals surface area (Å²) in [5, 5.41) is 0. The zero-order valence-electron chi connectivity index (χ0n) is 17.8. The van der Waals surface area contributed by atoms with E-state index in [9.17, 15) is 21.6 Å². The highest BCUT2D eigenvalue weighted by Crippen LogP contribution is 2.31. The highest BCUT2D eigenvalue weighted by molar-refractivity contribution is 7.89. The molecule has 3 rings (SSSR count). The summed E-state index contributed by atoms with van der Waals surface area (Å²) in [6.45, 7) is 3.56. The smallest absolute Gasteiger partial charge is 0.243 e. The van der Waals surface area contributed by atoms with Gasteiger partial charge in [0.25, 0.3) is 0 Å². The predicted molar refractivity (Wildman–Crippen MR) is 119 cm³/mol. The minimum Gasteiger partial charge on any atom is -0.297 e. The van der Waals surface area contributed by atoms with E-state index in [0.29, 0.717) is 12.0 Å². The number of hydrogen-bond donors (Lipinski definition) is 1. The van der Waals surface area contributed by atoms with Crippen LogP contribution in [0.15, 0.2) is 62.7 Å². The summed E-state index contributed by atoms with van der Waals surface area (Å²) in [5.41, 5.74) is 0.320. The van der Waals surface area contributed by atoms with E-state index in [1.54, 1.807) is 25.1 Å². The first-order valence-electron chi connectivity index (χ1n) is 10.5. The van der Waals surface area contributed by atoms with Crippen molar-refractivity contribution in [2.24, 2.45) is 4.36 Å². The molecule has 2 atom stereocenters. The number of sulfonamides is 1. The summed E-state index contributed by atoms with van der Waals surface area (Å²) >= 11 is 0. The van der Waals surface area contributed by atoms with Crippen molar-refractivity contribution in [2.75, 3.05) is 0 Å². The number of nitrogens with zero attached hydrogens (tertiary/aromatic N) is 2. The maximum atomic E-state index is 14.3. The molecule has 6 nitrogen and oxygen atoms in total. The Kier molecular flexibility index (Phi) is 7.51. The van der Waals surface area contributed by atoms with Gasteiger partial charge >= 0.3 is 0 Å².